The fraction of sp³-hybridized carbons (Fsp3) is 0.462. The molecule has 3 heterocycles. The number of nitrogens with two attached hydrogens (primary N) is 1. The molecule has 3 unspecified atom stereocenters. The fourth-order valence-electron chi connectivity index (χ4n) is 3.10. The van der Waals surface area contributed by atoms with E-state index in [9.17, 15) is 33.7 Å². The van der Waals surface area contributed by atoms with Gasteiger partial charge in [0.15, 0.2) is 23.3 Å². The number of hydrogen-bond donors (Lipinski definition) is 7. The predicted octanol–water partition coefficient (Wildman–Crippen LogP) is -1.24. The number of fused-ring (bicyclic) bond motifs is 1. The number of hydrogen-bond acceptors (Lipinski definition) is 13. The molecule has 0 bridgehead atoms. The highest BCUT2D eigenvalue weighted by molar-refractivity contribution is 7.66. The summed E-state index contributed by atoms with van der Waals surface area (Å²) in [6.07, 6.45) is 4.03. The summed E-state index contributed by atoms with van der Waals surface area (Å²) in [4.78, 5) is 47.8. The average molecular weight is 545 g/mol. The molecular weight excluding hydrogens is 527 g/mol. The quantitative estimate of drug-likeness (QED) is 0.151. The highest BCUT2D eigenvalue weighted by Gasteiger charge is 2.62. The fourth-order valence-corrected chi connectivity index (χ4v) is 6.21. The second kappa shape index (κ2) is 8.70. The van der Waals surface area contributed by atoms with Crippen LogP contribution in [0.2, 0.25) is 0 Å². The molecule has 3 rings (SSSR count). The molecule has 21 heteroatoms. The van der Waals surface area contributed by atoms with Crippen LogP contribution in [0.1, 0.15) is 13.2 Å². The van der Waals surface area contributed by atoms with E-state index < -0.39 is 53.6 Å². The Balaban J connectivity index is 1.86. The maximum atomic E-state index is 12.0. The van der Waals surface area contributed by atoms with Crippen molar-refractivity contribution in [1.29, 1.82) is 0 Å². The third kappa shape index (κ3) is 5.23. The van der Waals surface area contributed by atoms with E-state index in [4.69, 9.17) is 26.7 Å². The SMILES string of the molecule is C#C[C@]1(O)C(n2cnc3c(N)ncnc32)O[C@](C)(COP(=O)(O)OP(=O)(O)OP(=O)(O)O)[C@H]1O. The van der Waals surface area contributed by atoms with Crippen LogP contribution in [0.3, 0.4) is 0 Å². The molecule has 1 aliphatic heterocycles. The molecule has 0 amide bonds. The summed E-state index contributed by atoms with van der Waals surface area (Å²) in [5.74, 6) is 1.96. The average Bonchev–Trinajstić information content (AvgIpc) is 3.19. The minimum atomic E-state index is -5.77. The normalized spacial score (nSPS) is 31.1. The maximum absolute atomic E-state index is 12.0. The van der Waals surface area contributed by atoms with Gasteiger partial charge in [0, 0.05) is 0 Å². The Labute approximate surface area is 189 Å². The number of nitrogens with zero attached hydrogens (tertiary/aromatic N) is 4. The molecule has 1 saturated heterocycles. The summed E-state index contributed by atoms with van der Waals surface area (Å²) in [5.41, 5.74) is 1.33. The van der Waals surface area contributed by atoms with Crippen LogP contribution in [0.25, 0.3) is 11.2 Å². The number of rotatable bonds is 8. The lowest BCUT2D eigenvalue weighted by molar-refractivity contribution is -0.115. The lowest BCUT2D eigenvalue weighted by Crippen LogP contribution is -2.50. The molecule has 18 nitrogen and oxygen atoms in total. The van der Waals surface area contributed by atoms with Gasteiger partial charge in [-0.3, -0.25) is 9.09 Å². The van der Waals surface area contributed by atoms with E-state index in [-0.39, 0.29) is 17.0 Å². The molecule has 1 fully saturated rings. The molecule has 0 spiro atoms. The minimum Gasteiger partial charge on any atom is -0.386 e. The van der Waals surface area contributed by atoms with Crippen LogP contribution in [-0.4, -0.2) is 73.2 Å². The van der Waals surface area contributed by atoms with Crippen molar-refractivity contribution in [3.63, 3.8) is 0 Å². The Kier molecular flexibility index (Phi) is 6.86. The topological polar surface area (TPSA) is 279 Å². The van der Waals surface area contributed by atoms with Gasteiger partial charge < -0.3 is 40.3 Å². The molecule has 8 N–H and O–H groups in total. The van der Waals surface area contributed by atoms with Crippen LogP contribution in [0.5, 0.6) is 0 Å². The van der Waals surface area contributed by atoms with Crippen molar-refractivity contribution in [3.05, 3.63) is 12.7 Å². The number of aliphatic hydroxyl groups excluding tert-OH is 1. The molecule has 1 aliphatic rings. The van der Waals surface area contributed by atoms with Gasteiger partial charge in [-0.2, -0.15) is 8.62 Å². The van der Waals surface area contributed by atoms with Crippen molar-refractivity contribution >= 4 is 40.4 Å². The smallest absolute Gasteiger partial charge is 0.386 e. The summed E-state index contributed by atoms with van der Waals surface area (Å²) in [7, 11) is -16.9. The van der Waals surface area contributed by atoms with Crippen molar-refractivity contribution in [1.82, 2.24) is 19.5 Å². The number of imidazole rings is 1. The van der Waals surface area contributed by atoms with Crippen molar-refractivity contribution in [2.24, 2.45) is 0 Å². The molecule has 188 valence electrons. The van der Waals surface area contributed by atoms with E-state index in [0.29, 0.717) is 0 Å². The maximum Gasteiger partial charge on any atom is 0.490 e. The number of nitrogen functional groups attached to an aromatic ring is 1. The molecule has 0 aromatic carbocycles. The lowest BCUT2D eigenvalue weighted by Gasteiger charge is -2.29. The number of aliphatic hydroxyl groups is 2. The summed E-state index contributed by atoms with van der Waals surface area (Å²) in [6.45, 7) is 0.00915. The number of phosphoric ester groups is 1. The first-order chi connectivity index (χ1) is 15.4. The summed E-state index contributed by atoms with van der Waals surface area (Å²) in [6, 6.07) is 0. The molecule has 0 aliphatic carbocycles. The number of ether oxygens (including phenoxy) is 1. The van der Waals surface area contributed by atoms with E-state index in [1.807, 2.05) is 5.92 Å². The van der Waals surface area contributed by atoms with Gasteiger partial charge in [-0.05, 0) is 6.92 Å². The third-order valence-corrected chi connectivity index (χ3v) is 8.34. The predicted molar refractivity (Wildman–Crippen MR) is 108 cm³/mol. The van der Waals surface area contributed by atoms with Gasteiger partial charge in [0.05, 0.1) is 12.9 Å². The standard InChI is InChI=1S/C13H18N5O13P3/c1-3-13(20)10(19)12(2,4-28-33(24,25)31-34(26,27)30-32(21,22)23)29-11(13)18-6-17-7-8(14)15-5-16-9(7)18/h1,5-6,10-11,19-20H,4H2,2H3,(H,24,25)(H,26,27)(H2,14,15,16)(H2,21,22,23)/t10-,11?,12-,13-/m1/s1. The summed E-state index contributed by atoms with van der Waals surface area (Å²) >= 11 is 0. The molecule has 2 aromatic heterocycles. The molecule has 0 radical (unpaired) electrons. The monoisotopic (exact) mass is 545 g/mol. The van der Waals surface area contributed by atoms with Gasteiger partial charge >= 0.3 is 23.5 Å². The molecule has 6 atom stereocenters. The van der Waals surface area contributed by atoms with E-state index in [1.165, 1.54) is 0 Å². The Hall–Kier alpha value is -1.80. The van der Waals surface area contributed by atoms with E-state index in [2.05, 4.69) is 28.1 Å². The highest BCUT2D eigenvalue weighted by Crippen LogP contribution is 2.66. The Morgan fingerprint density at radius 1 is 1.21 bits per heavy atom. The first kappa shape index (κ1) is 26.8. The van der Waals surface area contributed by atoms with Gasteiger partial charge in [0.25, 0.3) is 0 Å². The second-order valence-corrected chi connectivity index (χ2v) is 11.5. The zero-order chi connectivity index (χ0) is 25.7. The van der Waals surface area contributed by atoms with Crippen molar-refractivity contribution in [2.45, 2.75) is 30.5 Å². The highest BCUT2D eigenvalue weighted by atomic mass is 31.3. The van der Waals surface area contributed by atoms with Gasteiger partial charge in [-0.1, -0.05) is 5.92 Å². The number of phosphoric acid groups is 3. The second-order valence-electron chi connectivity index (χ2n) is 7.10. The first-order valence-electron chi connectivity index (χ1n) is 8.70. The lowest BCUT2D eigenvalue weighted by atomic mass is 9.88. The van der Waals surface area contributed by atoms with Crippen LogP contribution in [0.4, 0.5) is 5.82 Å². The zero-order valence-corrected chi connectivity index (χ0v) is 19.5. The number of anilines is 1. The first-order valence-corrected chi connectivity index (χ1v) is 13.2. The van der Waals surface area contributed by atoms with Crippen molar-refractivity contribution in [3.8, 4) is 12.3 Å². The number of terminal acetylenes is 1. The summed E-state index contributed by atoms with van der Waals surface area (Å²) < 4.78 is 52.7. The zero-order valence-electron chi connectivity index (χ0n) is 16.8. The molecule has 2 aromatic rings. The van der Waals surface area contributed by atoms with Crippen molar-refractivity contribution < 1.29 is 61.4 Å². The van der Waals surface area contributed by atoms with Crippen LogP contribution < -0.4 is 5.73 Å². The minimum absolute atomic E-state index is 0.0121. The van der Waals surface area contributed by atoms with E-state index >= 15 is 0 Å². The van der Waals surface area contributed by atoms with Gasteiger partial charge in [0.1, 0.15) is 23.5 Å². The van der Waals surface area contributed by atoms with Crippen LogP contribution in [0, 0.1) is 12.3 Å². The van der Waals surface area contributed by atoms with Crippen LogP contribution in [0.15, 0.2) is 12.7 Å². The largest absolute Gasteiger partial charge is 0.490 e. The van der Waals surface area contributed by atoms with Crippen LogP contribution in [-0.2, 0) is 31.6 Å². The Bertz CT molecular complexity index is 1290. The van der Waals surface area contributed by atoms with Crippen molar-refractivity contribution in [2.75, 3.05) is 12.3 Å². The van der Waals surface area contributed by atoms with E-state index in [1.54, 1.807) is 0 Å². The third-order valence-electron chi connectivity index (χ3n) is 4.55. The Morgan fingerprint density at radius 3 is 2.44 bits per heavy atom. The Morgan fingerprint density at radius 2 is 1.85 bits per heavy atom. The van der Waals surface area contributed by atoms with Gasteiger partial charge in [-0.25, -0.2) is 28.6 Å². The molecular formula is C13H18N5O13P3. The van der Waals surface area contributed by atoms with Gasteiger partial charge in [-0.15, -0.1) is 6.42 Å². The molecule has 34 heavy (non-hydrogen) atoms. The summed E-state index contributed by atoms with van der Waals surface area (Å²) in [5, 5.41) is 21.7. The van der Waals surface area contributed by atoms with E-state index in [0.717, 1.165) is 24.1 Å². The van der Waals surface area contributed by atoms with Crippen LogP contribution >= 0.6 is 23.5 Å². The van der Waals surface area contributed by atoms with Gasteiger partial charge in [0.2, 0.25) is 0 Å². The number of aromatic nitrogens is 4. The molecule has 0 saturated carbocycles.